The maximum absolute atomic E-state index is 5.06. The van der Waals surface area contributed by atoms with Gasteiger partial charge >= 0.3 is 0 Å². The minimum Gasteiger partial charge on any atom is -0.360 e. The maximum atomic E-state index is 5.06. The van der Waals surface area contributed by atoms with Gasteiger partial charge in [0, 0.05) is 23.5 Å². The first-order chi connectivity index (χ1) is 11.5. The molecule has 0 saturated heterocycles. The smallest absolute Gasteiger partial charge is 0.230 e. The normalized spacial score (nSPS) is 10.7. The first kappa shape index (κ1) is 16.0. The average Bonchev–Trinajstić information content (AvgIpc) is 2.93. The molecule has 6 heteroatoms. The van der Waals surface area contributed by atoms with Crippen LogP contribution in [-0.2, 0) is 6.42 Å². The molecule has 1 aromatic carbocycles. The van der Waals surface area contributed by atoms with E-state index in [2.05, 4.69) is 57.8 Å². The van der Waals surface area contributed by atoms with Gasteiger partial charge in [-0.3, -0.25) is 0 Å². The highest BCUT2D eigenvalue weighted by atomic mass is 16.5. The Kier molecular flexibility index (Phi) is 4.46. The Balaban J connectivity index is 1.89. The van der Waals surface area contributed by atoms with Crippen molar-refractivity contribution in [1.29, 1.82) is 0 Å². The molecule has 2 aromatic heterocycles. The number of nitrogens with one attached hydrogen (secondary N) is 2. The van der Waals surface area contributed by atoms with E-state index < -0.39 is 0 Å². The lowest BCUT2D eigenvalue weighted by Crippen LogP contribution is -2.04. The third-order valence-corrected chi connectivity index (χ3v) is 3.72. The quantitative estimate of drug-likeness (QED) is 0.723. The van der Waals surface area contributed by atoms with Gasteiger partial charge in [-0.2, -0.15) is 4.98 Å². The van der Waals surface area contributed by atoms with Gasteiger partial charge in [-0.15, -0.1) is 0 Å². The third-order valence-electron chi connectivity index (χ3n) is 3.72. The van der Waals surface area contributed by atoms with Gasteiger partial charge in [0.2, 0.25) is 5.95 Å². The van der Waals surface area contributed by atoms with Crippen LogP contribution in [0.4, 0.5) is 23.3 Å². The van der Waals surface area contributed by atoms with Crippen molar-refractivity contribution >= 4 is 23.3 Å². The monoisotopic (exact) mass is 323 g/mol. The number of para-hydroxylation sites is 1. The van der Waals surface area contributed by atoms with Crippen LogP contribution in [0.5, 0.6) is 0 Å². The first-order valence-corrected chi connectivity index (χ1v) is 7.96. The summed E-state index contributed by atoms with van der Waals surface area (Å²) in [5.41, 5.74) is 4.41. The molecular weight excluding hydrogens is 302 g/mol. The van der Waals surface area contributed by atoms with Crippen molar-refractivity contribution in [1.82, 2.24) is 15.1 Å². The lowest BCUT2D eigenvalue weighted by molar-refractivity contribution is 0.400. The molecule has 2 heterocycles. The average molecular weight is 323 g/mol. The molecule has 0 saturated carbocycles. The molecule has 3 rings (SSSR count). The van der Waals surface area contributed by atoms with Crippen molar-refractivity contribution in [3.05, 3.63) is 52.9 Å². The molecule has 0 aliphatic carbocycles. The van der Waals surface area contributed by atoms with Gasteiger partial charge in [0.1, 0.15) is 11.6 Å². The Labute approximate surface area is 141 Å². The molecule has 0 atom stereocenters. The molecule has 0 spiro atoms. The number of rotatable bonds is 5. The van der Waals surface area contributed by atoms with Crippen LogP contribution < -0.4 is 10.6 Å². The fourth-order valence-corrected chi connectivity index (χ4v) is 2.56. The highest BCUT2D eigenvalue weighted by Gasteiger charge is 2.09. The SMILES string of the molecule is CCc1cccc(C)c1Nc1cc(C)nc(Nc2cc(C)on2)n1. The third kappa shape index (κ3) is 3.53. The van der Waals surface area contributed by atoms with Gasteiger partial charge in [-0.25, -0.2) is 4.98 Å². The molecule has 6 nitrogen and oxygen atoms in total. The lowest BCUT2D eigenvalue weighted by Gasteiger charge is -2.14. The van der Waals surface area contributed by atoms with Crippen molar-refractivity contribution < 1.29 is 4.52 Å². The van der Waals surface area contributed by atoms with E-state index >= 15 is 0 Å². The summed E-state index contributed by atoms with van der Waals surface area (Å²) in [4.78, 5) is 8.94. The molecule has 3 aromatic rings. The van der Waals surface area contributed by atoms with Crippen LogP contribution in [-0.4, -0.2) is 15.1 Å². The number of hydrogen-bond donors (Lipinski definition) is 2. The number of nitrogens with zero attached hydrogens (tertiary/aromatic N) is 3. The zero-order chi connectivity index (χ0) is 17.1. The van der Waals surface area contributed by atoms with Crippen LogP contribution in [0.2, 0.25) is 0 Å². The zero-order valence-electron chi connectivity index (χ0n) is 14.3. The van der Waals surface area contributed by atoms with Crippen LogP contribution in [0, 0.1) is 20.8 Å². The summed E-state index contributed by atoms with van der Waals surface area (Å²) in [5, 5.41) is 10.4. The molecule has 0 unspecified atom stereocenters. The second-order valence-corrected chi connectivity index (χ2v) is 5.75. The summed E-state index contributed by atoms with van der Waals surface area (Å²) in [5.74, 6) is 2.55. The molecule has 0 aliphatic rings. The number of aryl methyl sites for hydroxylation is 4. The predicted molar refractivity (Wildman–Crippen MR) is 95.1 cm³/mol. The van der Waals surface area contributed by atoms with E-state index in [0.717, 1.165) is 29.4 Å². The number of benzene rings is 1. The Bertz CT molecular complexity index is 856. The zero-order valence-corrected chi connectivity index (χ0v) is 14.3. The van der Waals surface area contributed by atoms with Crippen LogP contribution in [0.15, 0.2) is 34.9 Å². The molecule has 24 heavy (non-hydrogen) atoms. The van der Waals surface area contributed by atoms with Crippen LogP contribution >= 0.6 is 0 Å². The predicted octanol–water partition coefficient (Wildman–Crippen LogP) is 4.44. The summed E-state index contributed by atoms with van der Waals surface area (Å²) in [6.07, 6.45) is 0.956. The summed E-state index contributed by atoms with van der Waals surface area (Å²) in [6, 6.07) is 10.0. The summed E-state index contributed by atoms with van der Waals surface area (Å²) < 4.78 is 5.06. The number of hydrogen-bond acceptors (Lipinski definition) is 6. The van der Waals surface area contributed by atoms with Gasteiger partial charge in [-0.05, 0) is 38.3 Å². The van der Waals surface area contributed by atoms with Crippen molar-refractivity contribution in [2.24, 2.45) is 0 Å². The van der Waals surface area contributed by atoms with E-state index in [1.165, 1.54) is 11.1 Å². The highest BCUT2D eigenvalue weighted by Crippen LogP contribution is 2.25. The van der Waals surface area contributed by atoms with Crippen molar-refractivity contribution in [3.8, 4) is 0 Å². The van der Waals surface area contributed by atoms with Crippen molar-refractivity contribution in [2.75, 3.05) is 10.6 Å². The molecular formula is C18H21N5O. The van der Waals surface area contributed by atoms with Gasteiger partial charge in [-0.1, -0.05) is 30.3 Å². The second-order valence-electron chi connectivity index (χ2n) is 5.75. The Hall–Kier alpha value is -2.89. The summed E-state index contributed by atoms with van der Waals surface area (Å²) in [6.45, 7) is 8.01. The largest absolute Gasteiger partial charge is 0.360 e. The van der Waals surface area contributed by atoms with Gasteiger partial charge in [0.15, 0.2) is 5.82 Å². The Morgan fingerprint density at radius 2 is 1.83 bits per heavy atom. The van der Waals surface area contributed by atoms with Crippen LogP contribution in [0.1, 0.15) is 29.5 Å². The van der Waals surface area contributed by atoms with E-state index in [4.69, 9.17) is 4.52 Å². The van der Waals surface area contributed by atoms with Crippen LogP contribution in [0.3, 0.4) is 0 Å². The maximum Gasteiger partial charge on any atom is 0.230 e. The fourth-order valence-electron chi connectivity index (χ4n) is 2.56. The van der Waals surface area contributed by atoms with E-state index in [9.17, 15) is 0 Å². The molecule has 0 radical (unpaired) electrons. The topological polar surface area (TPSA) is 75.9 Å². The minimum absolute atomic E-state index is 0.484. The summed E-state index contributed by atoms with van der Waals surface area (Å²) in [7, 11) is 0. The van der Waals surface area contributed by atoms with Gasteiger partial charge in [0.25, 0.3) is 0 Å². The van der Waals surface area contributed by atoms with E-state index in [-0.39, 0.29) is 0 Å². The molecule has 124 valence electrons. The molecule has 0 amide bonds. The molecule has 2 N–H and O–H groups in total. The lowest BCUT2D eigenvalue weighted by atomic mass is 10.1. The molecule has 0 aliphatic heterocycles. The number of aromatic nitrogens is 3. The van der Waals surface area contributed by atoms with Crippen molar-refractivity contribution in [3.63, 3.8) is 0 Å². The molecule has 0 fully saturated rings. The van der Waals surface area contributed by atoms with Crippen LogP contribution in [0.25, 0.3) is 0 Å². The van der Waals surface area contributed by atoms with E-state index in [1.54, 1.807) is 6.07 Å². The second kappa shape index (κ2) is 6.70. The number of anilines is 4. The molecule has 0 bridgehead atoms. The van der Waals surface area contributed by atoms with Crippen molar-refractivity contribution in [2.45, 2.75) is 34.1 Å². The Morgan fingerprint density at radius 3 is 2.54 bits per heavy atom. The summed E-state index contributed by atoms with van der Waals surface area (Å²) >= 11 is 0. The minimum atomic E-state index is 0.484. The highest BCUT2D eigenvalue weighted by molar-refractivity contribution is 5.66. The first-order valence-electron chi connectivity index (χ1n) is 7.96. The van der Waals surface area contributed by atoms with E-state index in [0.29, 0.717) is 11.8 Å². The van der Waals surface area contributed by atoms with E-state index in [1.807, 2.05) is 19.9 Å². The fraction of sp³-hybridized carbons (Fsp3) is 0.278. The Morgan fingerprint density at radius 1 is 1.00 bits per heavy atom. The standard InChI is InChI=1S/C18H21N5O/c1-5-14-8-6-7-11(2)17(14)20-15-9-12(3)19-18(21-15)22-16-10-13(4)24-23-16/h6-10H,5H2,1-4H3,(H2,19,20,21,22,23). The van der Waals surface area contributed by atoms with Gasteiger partial charge < -0.3 is 15.2 Å². The van der Waals surface area contributed by atoms with Gasteiger partial charge in [0.05, 0.1) is 0 Å².